The molecule has 2 rings (SSSR count). The summed E-state index contributed by atoms with van der Waals surface area (Å²) in [4.78, 5) is 1.58. The second-order valence-corrected chi connectivity index (χ2v) is 6.89. The molecule has 0 radical (unpaired) electrons. The summed E-state index contributed by atoms with van der Waals surface area (Å²) in [5.41, 5.74) is 7.80. The molecule has 0 bridgehead atoms. The molecule has 2 atom stereocenters. The fraction of sp³-hybridized carbons (Fsp3) is 0.733. The van der Waals surface area contributed by atoms with Crippen LogP contribution >= 0.6 is 11.3 Å². The van der Waals surface area contributed by atoms with Crippen molar-refractivity contribution >= 4 is 11.3 Å². The topological polar surface area (TPSA) is 26.0 Å². The standard InChI is InChI=1S/C15H25NS/c1-10(2)15(16)11(3)13-8-9-17-14(13)7-6-12-4-5-12/h8-12,15H,4-7,16H2,1-3H3/t11-,15+/m1/s1. The van der Waals surface area contributed by atoms with Gasteiger partial charge in [0, 0.05) is 10.9 Å². The van der Waals surface area contributed by atoms with E-state index in [4.69, 9.17) is 5.73 Å². The maximum atomic E-state index is 6.29. The van der Waals surface area contributed by atoms with Crippen LogP contribution in [0.4, 0.5) is 0 Å². The highest BCUT2D eigenvalue weighted by atomic mass is 32.1. The first kappa shape index (κ1) is 13.1. The van der Waals surface area contributed by atoms with Gasteiger partial charge >= 0.3 is 0 Å². The molecule has 1 nitrogen and oxygen atoms in total. The molecule has 0 aromatic carbocycles. The third kappa shape index (κ3) is 3.32. The minimum Gasteiger partial charge on any atom is -0.327 e. The van der Waals surface area contributed by atoms with Crippen molar-refractivity contribution in [2.75, 3.05) is 0 Å². The van der Waals surface area contributed by atoms with Crippen molar-refractivity contribution in [3.63, 3.8) is 0 Å². The van der Waals surface area contributed by atoms with Crippen LogP contribution in [0.5, 0.6) is 0 Å². The molecule has 1 fully saturated rings. The van der Waals surface area contributed by atoms with Crippen LogP contribution in [0.25, 0.3) is 0 Å². The van der Waals surface area contributed by atoms with Gasteiger partial charge in [0.2, 0.25) is 0 Å². The molecule has 17 heavy (non-hydrogen) atoms. The van der Waals surface area contributed by atoms with E-state index in [1.165, 1.54) is 31.2 Å². The smallest absolute Gasteiger partial charge is 0.0129 e. The van der Waals surface area contributed by atoms with Gasteiger partial charge in [-0.3, -0.25) is 0 Å². The molecule has 2 N–H and O–H groups in total. The highest BCUT2D eigenvalue weighted by molar-refractivity contribution is 7.10. The molecule has 0 aliphatic heterocycles. The zero-order chi connectivity index (χ0) is 12.4. The molecule has 0 unspecified atom stereocenters. The summed E-state index contributed by atoms with van der Waals surface area (Å²) in [6, 6.07) is 2.57. The molecule has 0 spiro atoms. The Labute approximate surface area is 109 Å². The van der Waals surface area contributed by atoms with Gasteiger partial charge in [0.1, 0.15) is 0 Å². The van der Waals surface area contributed by atoms with Gasteiger partial charge in [-0.2, -0.15) is 0 Å². The largest absolute Gasteiger partial charge is 0.327 e. The highest BCUT2D eigenvalue weighted by Crippen LogP contribution is 2.36. The molecule has 2 heteroatoms. The Morgan fingerprint density at radius 3 is 2.65 bits per heavy atom. The van der Waals surface area contributed by atoms with E-state index in [1.54, 1.807) is 4.88 Å². The van der Waals surface area contributed by atoms with Crippen molar-refractivity contribution in [2.45, 2.75) is 58.4 Å². The molecule has 1 aliphatic rings. The minimum absolute atomic E-state index is 0.282. The van der Waals surface area contributed by atoms with E-state index < -0.39 is 0 Å². The molecule has 1 aromatic heterocycles. The average Bonchev–Trinajstić information content (AvgIpc) is 3.02. The minimum atomic E-state index is 0.282. The van der Waals surface area contributed by atoms with Crippen molar-refractivity contribution in [2.24, 2.45) is 17.6 Å². The van der Waals surface area contributed by atoms with Crippen molar-refractivity contribution in [3.05, 3.63) is 21.9 Å². The second kappa shape index (κ2) is 5.53. The molecule has 96 valence electrons. The lowest BCUT2D eigenvalue weighted by Crippen LogP contribution is -2.32. The first-order valence-electron chi connectivity index (χ1n) is 6.91. The third-order valence-corrected chi connectivity index (χ3v) is 5.09. The maximum absolute atomic E-state index is 6.29. The van der Waals surface area contributed by atoms with E-state index in [2.05, 4.69) is 32.2 Å². The van der Waals surface area contributed by atoms with Gasteiger partial charge in [-0.25, -0.2) is 0 Å². The van der Waals surface area contributed by atoms with Crippen LogP contribution in [0.1, 0.15) is 56.4 Å². The Hall–Kier alpha value is -0.340. The van der Waals surface area contributed by atoms with Crippen LogP contribution in [-0.4, -0.2) is 6.04 Å². The van der Waals surface area contributed by atoms with E-state index in [0.717, 1.165) is 5.92 Å². The summed E-state index contributed by atoms with van der Waals surface area (Å²) in [5.74, 6) is 2.08. The maximum Gasteiger partial charge on any atom is 0.0129 e. The van der Waals surface area contributed by atoms with E-state index >= 15 is 0 Å². The summed E-state index contributed by atoms with van der Waals surface area (Å²) in [5, 5.41) is 2.24. The van der Waals surface area contributed by atoms with E-state index in [9.17, 15) is 0 Å². The second-order valence-electron chi connectivity index (χ2n) is 5.89. The summed E-state index contributed by atoms with van der Waals surface area (Å²) in [6.45, 7) is 6.72. The van der Waals surface area contributed by atoms with Gasteiger partial charge in [0.05, 0.1) is 0 Å². The first-order valence-corrected chi connectivity index (χ1v) is 7.79. The van der Waals surface area contributed by atoms with Crippen molar-refractivity contribution in [1.82, 2.24) is 0 Å². The van der Waals surface area contributed by atoms with E-state index in [-0.39, 0.29) is 6.04 Å². The molecular formula is C15H25NS. The zero-order valence-electron chi connectivity index (χ0n) is 11.3. The molecule has 1 saturated carbocycles. The number of rotatable bonds is 6. The Morgan fingerprint density at radius 2 is 2.06 bits per heavy atom. The van der Waals surface area contributed by atoms with Gasteiger partial charge < -0.3 is 5.73 Å². The fourth-order valence-electron chi connectivity index (χ4n) is 2.49. The van der Waals surface area contributed by atoms with Crippen LogP contribution in [0.15, 0.2) is 11.4 Å². The van der Waals surface area contributed by atoms with E-state index in [0.29, 0.717) is 11.8 Å². The molecule has 0 amide bonds. The van der Waals surface area contributed by atoms with Crippen molar-refractivity contribution < 1.29 is 0 Å². The van der Waals surface area contributed by atoms with Crippen LogP contribution < -0.4 is 5.73 Å². The number of aryl methyl sites for hydroxylation is 1. The summed E-state index contributed by atoms with van der Waals surface area (Å²) in [7, 11) is 0. The van der Waals surface area contributed by atoms with Gasteiger partial charge in [0.25, 0.3) is 0 Å². The number of thiophene rings is 1. The number of hydrogen-bond donors (Lipinski definition) is 1. The predicted octanol–water partition coefficient (Wildman–Crippen LogP) is 4.18. The SMILES string of the molecule is CC(C)[C@H](N)[C@H](C)c1ccsc1CCC1CC1. The van der Waals surface area contributed by atoms with Crippen molar-refractivity contribution in [1.29, 1.82) is 0 Å². The van der Waals surface area contributed by atoms with Gasteiger partial charge in [-0.1, -0.05) is 33.6 Å². The fourth-order valence-corrected chi connectivity index (χ4v) is 3.49. The van der Waals surface area contributed by atoms with Crippen LogP contribution in [0.2, 0.25) is 0 Å². The highest BCUT2D eigenvalue weighted by Gasteiger charge is 2.24. The summed E-state index contributed by atoms with van der Waals surface area (Å²) in [6.07, 6.45) is 5.58. The third-order valence-electron chi connectivity index (χ3n) is 4.09. The molecule has 1 aromatic rings. The Bertz CT molecular complexity index is 352. The lowest BCUT2D eigenvalue weighted by molar-refractivity contribution is 0.433. The zero-order valence-corrected chi connectivity index (χ0v) is 12.1. The Balaban J connectivity index is 2.00. The van der Waals surface area contributed by atoms with E-state index in [1.807, 2.05) is 11.3 Å². The van der Waals surface area contributed by atoms with Crippen LogP contribution in [0.3, 0.4) is 0 Å². The Morgan fingerprint density at radius 1 is 1.35 bits per heavy atom. The molecule has 0 saturated heterocycles. The normalized spacial score (nSPS) is 19.6. The van der Waals surface area contributed by atoms with Gasteiger partial charge in [0.15, 0.2) is 0 Å². The average molecular weight is 251 g/mol. The monoisotopic (exact) mass is 251 g/mol. The summed E-state index contributed by atoms with van der Waals surface area (Å²) < 4.78 is 0. The van der Waals surface area contributed by atoms with Crippen LogP contribution in [-0.2, 0) is 6.42 Å². The molecule has 1 aliphatic carbocycles. The number of hydrogen-bond acceptors (Lipinski definition) is 2. The first-order chi connectivity index (χ1) is 8.09. The lowest BCUT2D eigenvalue weighted by Gasteiger charge is -2.24. The van der Waals surface area contributed by atoms with Crippen molar-refractivity contribution in [3.8, 4) is 0 Å². The molecule has 1 heterocycles. The van der Waals surface area contributed by atoms with Gasteiger partial charge in [-0.15, -0.1) is 11.3 Å². The predicted molar refractivity (Wildman–Crippen MR) is 76.6 cm³/mol. The quantitative estimate of drug-likeness (QED) is 0.806. The molecular weight excluding hydrogens is 226 g/mol. The Kier molecular flexibility index (Phi) is 4.26. The van der Waals surface area contributed by atoms with Gasteiger partial charge in [-0.05, 0) is 47.6 Å². The summed E-state index contributed by atoms with van der Waals surface area (Å²) >= 11 is 1.92. The van der Waals surface area contributed by atoms with Crippen LogP contribution in [0, 0.1) is 11.8 Å². The lowest BCUT2D eigenvalue weighted by atomic mass is 9.87. The number of nitrogens with two attached hydrogens (primary N) is 1.